The Hall–Kier alpha value is -0.940. The SMILES string of the molecule is C1CCn2c(nnc2CNC2CCCOC2)C1. The molecule has 0 saturated carbocycles. The van der Waals surface area contributed by atoms with Crippen LogP contribution in [-0.2, 0) is 24.2 Å². The molecule has 0 bridgehead atoms. The molecule has 1 aromatic rings. The van der Waals surface area contributed by atoms with E-state index < -0.39 is 0 Å². The summed E-state index contributed by atoms with van der Waals surface area (Å²) in [7, 11) is 0. The number of aryl methyl sites for hydroxylation is 1. The molecule has 0 amide bonds. The Labute approximate surface area is 102 Å². The highest BCUT2D eigenvalue weighted by Crippen LogP contribution is 2.14. The molecule has 3 rings (SSSR count). The van der Waals surface area contributed by atoms with Crippen molar-refractivity contribution in [3.63, 3.8) is 0 Å². The maximum atomic E-state index is 5.46. The monoisotopic (exact) mass is 236 g/mol. The highest BCUT2D eigenvalue weighted by Gasteiger charge is 2.18. The van der Waals surface area contributed by atoms with Crippen molar-refractivity contribution in [2.24, 2.45) is 0 Å². The summed E-state index contributed by atoms with van der Waals surface area (Å²) in [5, 5.41) is 12.1. The van der Waals surface area contributed by atoms with Crippen molar-refractivity contribution >= 4 is 0 Å². The molecule has 5 nitrogen and oxygen atoms in total. The molecule has 1 aromatic heterocycles. The summed E-state index contributed by atoms with van der Waals surface area (Å²) in [5.74, 6) is 2.25. The van der Waals surface area contributed by atoms with Gasteiger partial charge < -0.3 is 14.6 Å². The molecule has 17 heavy (non-hydrogen) atoms. The van der Waals surface area contributed by atoms with E-state index in [4.69, 9.17) is 4.74 Å². The van der Waals surface area contributed by atoms with Crippen LogP contribution in [0.4, 0.5) is 0 Å². The molecule has 0 radical (unpaired) electrons. The summed E-state index contributed by atoms with van der Waals surface area (Å²) in [6.45, 7) is 3.65. The number of hydrogen-bond donors (Lipinski definition) is 1. The Kier molecular flexibility index (Phi) is 3.38. The van der Waals surface area contributed by atoms with Crippen molar-refractivity contribution in [2.75, 3.05) is 13.2 Å². The lowest BCUT2D eigenvalue weighted by Crippen LogP contribution is -2.37. The first-order chi connectivity index (χ1) is 8.43. The lowest BCUT2D eigenvalue weighted by atomic mass is 10.1. The number of rotatable bonds is 3. The summed E-state index contributed by atoms with van der Waals surface area (Å²) in [6, 6.07) is 0.486. The molecule has 1 N–H and O–H groups in total. The standard InChI is InChI=1S/C12H20N4O/c1-2-6-16-11(5-1)14-15-12(16)8-13-10-4-3-7-17-9-10/h10,13H,1-9H2. The van der Waals surface area contributed by atoms with Crippen LogP contribution in [0.25, 0.3) is 0 Å². The van der Waals surface area contributed by atoms with Gasteiger partial charge in [0.25, 0.3) is 0 Å². The Bertz CT molecular complexity index is 371. The van der Waals surface area contributed by atoms with E-state index in [1.54, 1.807) is 0 Å². The first-order valence-electron chi connectivity index (χ1n) is 6.65. The maximum Gasteiger partial charge on any atom is 0.147 e. The lowest BCUT2D eigenvalue weighted by molar-refractivity contribution is 0.0696. The van der Waals surface area contributed by atoms with Crippen LogP contribution < -0.4 is 5.32 Å². The summed E-state index contributed by atoms with van der Waals surface area (Å²) in [5.41, 5.74) is 0. The Balaban J connectivity index is 1.59. The molecule has 1 unspecified atom stereocenters. The summed E-state index contributed by atoms with van der Waals surface area (Å²) in [6.07, 6.45) is 5.96. The van der Waals surface area contributed by atoms with Crippen LogP contribution >= 0.6 is 0 Å². The van der Waals surface area contributed by atoms with Gasteiger partial charge in [0, 0.05) is 25.6 Å². The third kappa shape index (κ3) is 2.50. The van der Waals surface area contributed by atoms with Crippen molar-refractivity contribution in [1.82, 2.24) is 20.1 Å². The molecule has 3 heterocycles. The average Bonchev–Trinajstić information content (AvgIpc) is 2.81. The molecule has 2 aliphatic heterocycles. The number of nitrogens with one attached hydrogen (secondary N) is 1. The van der Waals surface area contributed by atoms with Crippen molar-refractivity contribution < 1.29 is 4.74 Å². The minimum absolute atomic E-state index is 0.486. The molecule has 2 aliphatic rings. The van der Waals surface area contributed by atoms with Crippen LogP contribution in [0, 0.1) is 0 Å². The quantitative estimate of drug-likeness (QED) is 0.846. The van der Waals surface area contributed by atoms with E-state index >= 15 is 0 Å². The zero-order valence-corrected chi connectivity index (χ0v) is 10.2. The summed E-state index contributed by atoms with van der Waals surface area (Å²) >= 11 is 0. The predicted octanol–water partition coefficient (Wildman–Crippen LogP) is 0.883. The van der Waals surface area contributed by atoms with Crippen molar-refractivity contribution in [3.8, 4) is 0 Å². The van der Waals surface area contributed by atoms with Crippen molar-refractivity contribution in [1.29, 1.82) is 0 Å². The minimum Gasteiger partial charge on any atom is -0.380 e. The van der Waals surface area contributed by atoms with Gasteiger partial charge in [0.2, 0.25) is 0 Å². The van der Waals surface area contributed by atoms with Gasteiger partial charge in [-0.3, -0.25) is 0 Å². The van der Waals surface area contributed by atoms with Gasteiger partial charge in [0.1, 0.15) is 11.6 Å². The first-order valence-corrected chi connectivity index (χ1v) is 6.65. The topological polar surface area (TPSA) is 52.0 Å². The minimum atomic E-state index is 0.486. The third-order valence-corrected chi connectivity index (χ3v) is 3.65. The second kappa shape index (κ2) is 5.14. The Morgan fingerprint density at radius 2 is 2.29 bits per heavy atom. The van der Waals surface area contributed by atoms with Crippen LogP contribution in [0.5, 0.6) is 0 Å². The largest absolute Gasteiger partial charge is 0.380 e. The van der Waals surface area contributed by atoms with E-state index in [0.717, 1.165) is 50.8 Å². The number of ether oxygens (including phenoxy) is 1. The van der Waals surface area contributed by atoms with E-state index in [0.29, 0.717) is 6.04 Å². The third-order valence-electron chi connectivity index (χ3n) is 3.65. The molecule has 1 atom stereocenters. The number of nitrogens with zero attached hydrogens (tertiary/aromatic N) is 3. The van der Waals surface area contributed by atoms with Gasteiger partial charge in [-0.1, -0.05) is 0 Å². The second-order valence-electron chi connectivity index (χ2n) is 4.94. The van der Waals surface area contributed by atoms with Gasteiger partial charge in [-0.2, -0.15) is 0 Å². The fraction of sp³-hybridized carbons (Fsp3) is 0.833. The van der Waals surface area contributed by atoms with Crippen LogP contribution in [0.15, 0.2) is 0 Å². The van der Waals surface area contributed by atoms with E-state index in [2.05, 4.69) is 20.1 Å². The second-order valence-corrected chi connectivity index (χ2v) is 4.94. The highest BCUT2D eigenvalue weighted by atomic mass is 16.5. The zero-order valence-electron chi connectivity index (χ0n) is 10.2. The molecule has 0 aliphatic carbocycles. The predicted molar refractivity (Wildman–Crippen MR) is 63.6 cm³/mol. The first kappa shape index (κ1) is 11.2. The maximum absolute atomic E-state index is 5.46. The summed E-state index contributed by atoms with van der Waals surface area (Å²) < 4.78 is 7.74. The highest BCUT2D eigenvalue weighted by molar-refractivity contribution is 4.98. The van der Waals surface area contributed by atoms with E-state index in [-0.39, 0.29) is 0 Å². The van der Waals surface area contributed by atoms with Gasteiger partial charge in [0.05, 0.1) is 13.2 Å². The fourth-order valence-electron chi connectivity index (χ4n) is 2.64. The number of aromatic nitrogens is 3. The molecule has 1 fully saturated rings. The van der Waals surface area contributed by atoms with Crippen LogP contribution in [0.3, 0.4) is 0 Å². The van der Waals surface area contributed by atoms with Gasteiger partial charge in [0.15, 0.2) is 0 Å². The van der Waals surface area contributed by atoms with Crippen molar-refractivity contribution in [2.45, 2.75) is 51.2 Å². The molecule has 5 heteroatoms. The van der Waals surface area contributed by atoms with Gasteiger partial charge in [-0.25, -0.2) is 0 Å². The number of fused-ring (bicyclic) bond motifs is 1. The van der Waals surface area contributed by atoms with Gasteiger partial charge in [-0.05, 0) is 25.7 Å². The van der Waals surface area contributed by atoms with E-state index in [1.165, 1.54) is 19.3 Å². The molecule has 94 valence electrons. The average molecular weight is 236 g/mol. The molecular weight excluding hydrogens is 216 g/mol. The van der Waals surface area contributed by atoms with Gasteiger partial charge >= 0.3 is 0 Å². The van der Waals surface area contributed by atoms with E-state index in [9.17, 15) is 0 Å². The lowest BCUT2D eigenvalue weighted by Gasteiger charge is -2.23. The number of hydrogen-bond acceptors (Lipinski definition) is 4. The van der Waals surface area contributed by atoms with Crippen LogP contribution in [0.2, 0.25) is 0 Å². The van der Waals surface area contributed by atoms with Crippen LogP contribution in [0.1, 0.15) is 37.3 Å². The van der Waals surface area contributed by atoms with E-state index in [1.807, 2.05) is 0 Å². The fourth-order valence-corrected chi connectivity index (χ4v) is 2.64. The zero-order chi connectivity index (χ0) is 11.5. The van der Waals surface area contributed by atoms with Gasteiger partial charge in [-0.15, -0.1) is 10.2 Å². The van der Waals surface area contributed by atoms with Crippen molar-refractivity contribution in [3.05, 3.63) is 11.6 Å². The Morgan fingerprint density at radius 1 is 1.29 bits per heavy atom. The Morgan fingerprint density at radius 3 is 3.18 bits per heavy atom. The molecule has 0 spiro atoms. The molecule has 0 aromatic carbocycles. The molecule has 1 saturated heterocycles. The smallest absolute Gasteiger partial charge is 0.147 e. The van der Waals surface area contributed by atoms with Crippen LogP contribution in [-0.4, -0.2) is 34.0 Å². The normalized spacial score (nSPS) is 24.6. The summed E-state index contributed by atoms with van der Waals surface area (Å²) in [4.78, 5) is 0. The molecular formula is C12H20N4O.